The molecule has 0 radical (unpaired) electrons. The van der Waals surface area contributed by atoms with Crippen molar-refractivity contribution >= 4 is 23.2 Å². The van der Waals surface area contributed by atoms with Crippen molar-refractivity contribution in [1.82, 2.24) is 15.0 Å². The predicted molar refractivity (Wildman–Crippen MR) is 94.2 cm³/mol. The first-order chi connectivity index (χ1) is 11.4. The molecule has 110 valence electrons. The van der Waals surface area contributed by atoms with E-state index in [4.69, 9.17) is 0 Å². The molecule has 1 aromatic heterocycles. The second-order valence-electron chi connectivity index (χ2n) is 5.31. The lowest BCUT2D eigenvalue weighted by Crippen LogP contribution is -1.97. The summed E-state index contributed by atoms with van der Waals surface area (Å²) in [6.45, 7) is 0. The van der Waals surface area contributed by atoms with E-state index in [-0.39, 0.29) is 0 Å². The van der Waals surface area contributed by atoms with Gasteiger partial charge < -0.3 is 0 Å². The third kappa shape index (κ3) is 2.90. The Morgan fingerprint density at radius 2 is 1.09 bits per heavy atom. The van der Waals surface area contributed by atoms with E-state index in [1.54, 1.807) is 4.80 Å². The Bertz CT molecular complexity index is 918. The van der Waals surface area contributed by atoms with Crippen LogP contribution < -0.4 is 0 Å². The summed E-state index contributed by atoms with van der Waals surface area (Å²) in [5, 5.41) is 8.99. The largest absolute Gasteiger partial charge is 0.150 e. The van der Waals surface area contributed by atoms with Crippen molar-refractivity contribution in [3.63, 3.8) is 0 Å². The summed E-state index contributed by atoms with van der Waals surface area (Å²) in [5.74, 6) is 0. The lowest BCUT2D eigenvalue weighted by atomic mass is 10.1. The Labute approximate surface area is 134 Å². The summed E-state index contributed by atoms with van der Waals surface area (Å²) in [6, 6.07) is 26.4. The standard InChI is InChI=1S/C20H15N3/c1-2-6-16(7-3-1)10-11-17-12-14-18(15-13-17)23-21-19-8-4-5-9-20(19)22-23/h1-15H/b11-10+. The van der Waals surface area contributed by atoms with Crippen molar-refractivity contribution in [1.29, 1.82) is 0 Å². The number of benzene rings is 3. The molecule has 0 aliphatic rings. The fraction of sp³-hybridized carbons (Fsp3) is 0. The number of nitrogens with zero attached hydrogens (tertiary/aromatic N) is 3. The molecule has 4 rings (SSSR count). The highest BCUT2D eigenvalue weighted by Gasteiger charge is 2.03. The summed E-state index contributed by atoms with van der Waals surface area (Å²) < 4.78 is 0. The minimum atomic E-state index is 0.903. The Balaban J connectivity index is 1.59. The van der Waals surface area contributed by atoms with E-state index in [0.29, 0.717) is 0 Å². The Morgan fingerprint density at radius 3 is 1.70 bits per heavy atom. The molecule has 3 aromatic carbocycles. The number of aromatic nitrogens is 3. The van der Waals surface area contributed by atoms with E-state index < -0.39 is 0 Å². The molecule has 0 spiro atoms. The number of hydrogen-bond donors (Lipinski definition) is 0. The van der Waals surface area contributed by atoms with Crippen LogP contribution in [0.3, 0.4) is 0 Å². The van der Waals surface area contributed by atoms with Crippen molar-refractivity contribution in [2.75, 3.05) is 0 Å². The van der Waals surface area contributed by atoms with Gasteiger partial charge in [0.25, 0.3) is 0 Å². The molecule has 1 heterocycles. The molecule has 0 saturated heterocycles. The molecule has 0 bridgehead atoms. The third-order valence-corrected chi connectivity index (χ3v) is 3.68. The highest BCUT2D eigenvalue weighted by Crippen LogP contribution is 2.14. The van der Waals surface area contributed by atoms with Crippen LogP contribution >= 0.6 is 0 Å². The van der Waals surface area contributed by atoms with Crippen LogP contribution in [-0.4, -0.2) is 15.0 Å². The van der Waals surface area contributed by atoms with Crippen molar-refractivity contribution in [2.45, 2.75) is 0 Å². The molecule has 3 nitrogen and oxygen atoms in total. The van der Waals surface area contributed by atoms with Crippen molar-refractivity contribution in [3.05, 3.63) is 90.0 Å². The van der Waals surface area contributed by atoms with E-state index in [1.807, 2.05) is 54.6 Å². The quantitative estimate of drug-likeness (QED) is 0.518. The molecular formula is C20H15N3. The Hall–Kier alpha value is -3.20. The van der Waals surface area contributed by atoms with E-state index in [2.05, 4.69) is 46.6 Å². The first kappa shape index (κ1) is 13.5. The molecule has 0 unspecified atom stereocenters. The molecule has 4 aromatic rings. The first-order valence-corrected chi connectivity index (χ1v) is 7.54. The van der Waals surface area contributed by atoms with Gasteiger partial charge in [-0.1, -0.05) is 66.7 Å². The van der Waals surface area contributed by atoms with E-state index >= 15 is 0 Å². The molecule has 0 fully saturated rings. The zero-order chi connectivity index (χ0) is 15.5. The lowest BCUT2D eigenvalue weighted by molar-refractivity contribution is 0.765. The van der Waals surface area contributed by atoms with E-state index in [1.165, 1.54) is 5.56 Å². The summed E-state index contributed by atoms with van der Waals surface area (Å²) in [5.41, 5.74) is 5.10. The SMILES string of the molecule is C(=C\c1ccc(-n2nc3ccccc3n2)cc1)/c1ccccc1. The summed E-state index contributed by atoms with van der Waals surface area (Å²) in [7, 11) is 0. The fourth-order valence-corrected chi connectivity index (χ4v) is 2.45. The van der Waals surface area contributed by atoms with Gasteiger partial charge in [0.05, 0.1) is 5.69 Å². The van der Waals surface area contributed by atoms with Crippen LogP contribution in [0.2, 0.25) is 0 Å². The monoisotopic (exact) mass is 297 g/mol. The van der Waals surface area contributed by atoms with Crippen LogP contribution in [0.4, 0.5) is 0 Å². The van der Waals surface area contributed by atoms with Gasteiger partial charge in [-0.15, -0.1) is 10.2 Å². The minimum Gasteiger partial charge on any atom is -0.150 e. The second-order valence-corrected chi connectivity index (χ2v) is 5.31. The molecule has 0 amide bonds. The van der Waals surface area contributed by atoms with Crippen LogP contribution in [0.25, 0.3) is 28.9 Å². The van der Waals surface area contributed by atoms with Crippen LogP contribution in [-0.2, 0) is 0 Å². The van der Waals surface area contributed by atoms with Gasteiger partial charge in [0, 0.05) is 0 Å². The van der Waals surface area contributed by atoms with Crippen LogP contribution in [0.15, 0.2) is 78.9 Å². The zero-order valence-electron chi connectivity index (χ0n) is 12.5. The normalized spacial score (nSPS) is 11.3. The van der Waals surface area contributed by atoms with Gasteiger partial charge in [-0.05, 0) is 35.4 Å². The van der Waals surface area contributed by atoms with E-state index in [0.717, 1.165) is 22.3 Å². The maximum atomic E-state index is 4.49. The molecule has 0 saturated carbocycles. The van der Waals surface area contributed by atoms with Crippen molar-refractivity contribution < 1.29 is 0 Å². The zero-order valence-corrected chi connectivity index (χ0v) is 12.5. The highest BCUT2D eigenvalue weighted by atomic mass is 15.5. The van der Waals surface area contributed by atoms with Gasteiger partial charge in [-0.25, -0.2) is 0 Å². The van der Waals surface area contributed by atoms with Gasteiger partial charge in [0.1, 0.15) is 11.0 Å². The Morgan fingerprint density at radius 1 is 0.565 bits per heavy atom. The lowest BCUT2D eigenvalue weighted by Gasteiger charge is -2.00. The molecule has 0 atom stereocenters. The van der Waals surface area contributed by atoms with Crippen molar-refractivity contribution in [3.8, 4) is 5.69 Å². The van der Waals surface area contributed by atoms with Gasteiger partial charge in [-0.3, -0.25) is 0 Å². The van der Waals surface area contributed by atoms with Gasteiger partial charge in [0.2, 0.25) is 0 Å². The first-order valence-electron chi connectivity index (χ1n) is 7.54. The van der Waals surface area contributed by atoms with Crippen LogP contribution in [0, 0.1) is 0 Å². The molecule has 0 N–H and O–H groups in total. The average molecular weight is 297 g/mol. The maximum absolute atomic E-state index is 4.49. The fourth-order valence-electron chi connectivity index (χ4n) is 2.45. The molecule has 0 aliphatic carbocycles. The molecule has 0 aliphatic heterocycles. The molecule has 3 heteroatoms. The summed E-state index contributed by atoms with van der Waals surface area (Å²) in [4.78, 5) is 1.68. The van der Waals surface area contributed by atoms with E-state index in [9.17, 15) is 0 Å². The topological polar surface area (TPSA) is 30.7 Å². The number of fused-ring (bicyclic) bond motifs is 1. The highest BCUT2D eigenvalue weighted by molar-refractivity contribution is 5.73. The summed E-state index contributed by atoms with van der Waals surface area (Å²) >= 11 is 0. The molecule has 23 heavy (non-hydrogen) atoms. The number of rotatable bonds is 3. The van der Waals surface area contributed by atoms with Crippen LogP contribution in [0.5, 0.6) is 0 Å². The van der Waals surface area contributed by atoms with Crippen LogP contribution in [0.1, 0.15) is 11.1 Å². The minimum absolute atomic E-state index is 0.903. The van der Waals surface area contributed by atoms with Crippen molar-refractivity contribution in [2.24, 2.45) is 0 Å². The Kier molecular flexibility index (Phi) is 3.45. The van der Waals surface area contributed by atoms with Gasteiger partial charge in [-0.2, -0.15) is 4.80 Å². The summed E-state index contributed by atoms with van der Waals surface area (Å²) in [6.07, 6.45) is 4.21. The third-order valence-electron chi connectivity index (χ3n) is 3.68. The molecular weight excluding hydrogens is 282 g/mol. The van der Waals surface area contributed by atoms with Gasteiger partial charge >= 0.3 is 0 Å². The average Bonchev–Trinajstić information content (AvgIpc) is 3.05. The second kappa shape index (κ2) is 5.89. The maximum Gasteiger partial charge on any atom is 0.113 e. The van der Waals surface area contributed by atoms with Gasteiger partial charge in [0.15, 0.2) is 0 Å². The number of hydrogen-bond acceptors (Lipinski definition) is 2. The predicted octanol–water partition coefficient (Wildman–Crippen LogP) is 4.59. The smallest absolute Gasteiger partial charge is 0.113 e.